The van der Waals surface area contributed by atoms with Gasteiger partial charge in [0.2, 0.25) is 0 Å². The second-order valence-electron chi connectivity index (χ2n) is 11.8. The lowest BCUT2D eigenvalue weighted by Crippen LogP contribution is -2.36. The second-order valence-corrected chi connectivity index (χ2v) is 11.8. The quantitative estimate of drug-likeness (QED) is 0.215. The van der Waals surface area contributed by atoms with Crippen LogP contribution in [0.5, 0.6) is 0 Å². The zero-order valence-corrected chi connectivity index (χ0v) is 24.7. The van der Waals surface area contributed by atoms with Gasteiger partial charge in [0.1, 0.15) is 0 Å². The molecule has 0 spiro atoms. The second kappa shape index (κ2) is 10.1. The van der Waals surface area contributed by atoms with Gasteiger partial charge in [0.25, 0.3) is 0 Å². The molecule has 0 fully saturated rings. The average Bonchev–Trinajstić information content (AvgIpc) is 3.50. The third-order valence-corrected chi connectivity index (χ3v) is 9.48. The van der Waals surface area contributed by atoms with Gasteiger partial charge >= 0.3 is 0 Å². The molecular weight excluding hydrogens is 544 g/mol. The van der Waals surface area contributed by atoms with E-state index in [1.54, 1.807) is 0 Å². The summed E-state index contributed by atoms with van der Waals surface area (Å²) in [4.78, 5) is 3.76. The number of aromatic amines is 1. The van der Waals surface area contributed by atoms with Crippen LogP contribution < -0.4 is 5.32 Å². The standard InChI is InChI=1S/C43H30N2/c1-3-15-29(16-4-1)31-19-7-10-22-34(31)43(35-23-11-8-20-32(35)30-17-5-2-6-18-30)36-24-12-14-26-38(36)45-40-28-27-39-41(42(40)43)33-21-9-13-25-37(33)44-39/h1-28,44-45H. The number of anilines is 2. The van der Waals surface area contributed by atoms with E-state index in [0.29, 0.717) is 0 Å². The number of aromatic nitrogens is 1. The molecule has 0 aliphatic carbocycles. The first-order valence-electron chi connectivity index (χ1n) is 15.5. The topological polar surface area (TPSA) is 27.8 Å². The third kappa shape index (κ3) is 3.76. The number of rotatable bonds is 4. The monoisotopic (exact) mass is 574 g/mol. The predicted molar refractivity (Wildman–Crippen MR) is 188 cm³/mol. The molecule has 7 aromatic carbocycles. The first kappa shape index (κ1) is 25.6. The Morgan fingerprint density at radius 2 is 0.911 bits per heavy atom. The van der Waals surface area contributed by atoms with Crippen LogP contribution in [0.4, 0.5) is 11.4 Å². The van der Waals surface area contributed by atoms with E-state index in [2.05, 4.69) is 180 Å². The van der Waals surface area contributed by atoms with E-state index in [9.17, 15) is 0 Å². The number of hydrogen-bond acceptors (Lipinski definition) is 1. The van der Waals surface area contributed by atoms with Gasteiger partial charge < -0.3 is 10.3 Å². The third-order valence-electron chi connectivity index (χ3n) is 9.48. The van der Waals surface area contributed by atoms with Crippen LogP contribution in [0.2, 0.25) is 0 Å². The molecule has 2 N–H and O–H groups in total. The van der Waals surface area contributed by atoms with Gasteiger partial charge in [0.05, 0.1) is 5.41 Å². The summed E-state index contributed by atoms with van der Waals surface area (Å²) in [5.74, 6) is 0. The predicted octanol–water partition coefficient (Wildman–Crippen LogP) is 11.1. The van der Waals surface area contributed by atoms with Gasteiger partial charge in [-0.05, 0) is 63.2 Å². The normalized spacial score (nSPS) is 13.2. The van der Waals surface area contributed by atoms with E-state index in [1.807, 2.05) is 0 Å². The molecule has 0 saturated carbocycles. The number of para-hydroxylation sites is 2. The van der Waals surface area contributed by atoms with Crippen molar-refractivity contribution < 1.29 is 0 Å². The van der Waals surface area contributed by atoms with Crippen molar-refractivity contribution in [1.82, 2.24) is 4.98 Å². The first-order chi connectivity index (χ1) is 22.3. The fourth-order valence-electron chi connectivity index (χ4n) is 7.70. The van der Waals surface area contributed by atoms with Crippen molar-refractivity contribution in [2.24, 2.45) is 0 Å². The Morgan fingerprint density at radius 3 is 1.58 bits per heavy atom. The van der Waals surface area contributed by atoms with Crippen molar-refractivity contribution in [2.45, 2.75) is 5.41 Å². The summed E-state index contributed by atoms with van der Waals surface area (Å²) in [5, 5.41) is 6.36. The Kier molecular flexibility index (Phi) is 5.76. The fourth-order valence-corrected chi connectivity index (χ4v) is 7.70. The van der Waals surface area contributed by atoms with E-state index < -0.39 is 5.41 Å². The van der Waals surface area contributed by atoms with Crippen molar-refractivity contribution in [1.29, 1.82) is 0 Å². The summed E-state index contributed by atoms with van der Waals surface area (Å²) in [5.41, 5.74) is 13.7. The van der Waals surface area contributed by atoms with Crippen LogP contribution in [0.15, 0.2) is 170 Å². The molecule has 1 aromatic heterocycles. The summed E-state index contributed by atoms with van der Waals surface area (Å²) in [7, 11) is 0. The van der Waals surface area contributed by atoms with Crippen LogP contribution in [0, 0.1) is 0 Å². The highest BCUT2D eigenvalue weighted by Crippen LogP contribution is 2.59. The molecule has 9 rings (SSSR count). The molecule has 212 valence electrons. The first-order valence-corrected chi connectivity index (χ1v) is 15.5. The number of benzene rings is 7. The molecule has 0 bridgehead atoms. The Bertz CT molecular complexity index is 2270. The highest BCUT2D eigenvalue weighted by atomic mass is 14.9. The lowest BCUT2D eigenvalue weighted by atomic mass is 9.59. The summed E-state index contributed by atoms with van der Waals surface area (Å²) < 4.78 is 0. The molecule has 2 nitrogen and oxygen atoms in total. The molecule has 0 saturated heterocycles. The summed E-state index contributed by atoms with van der Waals surface area (Å²) in [6, 6.07) is 61.7. The van der Waals surface area contributed by atoms with Gasteiger partial charge in [-0.3, -0.25) is 0 Å². The highest BCUT2D eigenvalue weighted by molar-refractivity contribution is 6.13. The molecule has 0 amide bonds. The minimum Gasteiger partial charge on any atom is -0.355 e. The molecule has 2 heterocycles. The fraction of sp³-hybridized carbons (Fsp3) is 0.0233. The van der Waals surface area contributed by atoms with Crippen LogP contribution in [0.1, 0.15) is 22.3 Å². The Labute approximate surface area is 262 Å². The zero-order chi connectivity index (χ0) is 29.8. The van der Waals surface area contributed by atoms with Crippen LogP contribution in [0.3, 0.4) is 0 Å². The van der Waals surface area contributed by atoms with E-state index in [-0.39, 0.29) is 0 Å². The zero-order valence-electron chi connectivity index (χ0n) is 24.7. The number of hydrogen-bond donors (Lipinski definition) is 2. The summed E-state index contributed by atoms with van der Waals surface area (Å²) >= 11 is 0. The molecule has 1 aliphatic rings. The molecule has 2 heteroatoms. The van der Waals surface area contributed by atoms with E-state index in [0.717, 1.165) is 22.4 Å². The molecule has 0 atom stereocenters. The van der Waals surface area contributed by atoms with Crippen LogP contribution in [-0.4, -0.2) is 4.98 Å². The number of H-pyrrole nitrogens is 1. The lowest BCUT2D eigenvalue weighted by Gasteiger charge is -2.44. The van der Waals surface area contributed by atoms with E-state index >= 15 is 0 Å². The van der Waals surface area contributed by atoms with Crippen molar-refractivity contribution >= 4 is 33.2 Å². The summed E-state index contributed by atoms with van der Waals surface area (Å²) in [6.45, 7) is 0. The molecule has 45 heavy (non-hydrogen) atoms. The SMILES string of the molecule is c1ccc(-c2ccccc2C2(c3ccccc3-c3ccccc3)c3ccccc3Nc3ccc4[nH]c5ccccc5c4c32)cc1. The Morgan fingerprint density at radius 1 is 0.378 bits per heavy atom. The maximum absolute atomic E-state index is 3.89. The Balaban J connectivity index is 1.55. The van der Waals surface area contributed by atoms with Crippen molar-refractivity contribution in [3.8, 4) is 22.3 Å². The Hall–Kier alpha value is -5.86. The largest absolute Gasteiger partial charge is 0.355 e. The number of fused-ring (bicyclic) bond motifs is 6. The minimum atomic E-state index is -0.666. The van der Waals surface area contributed by atoms with Gasteiger partial charge in [0.15, 0.2) is 0 Å². The van der Waals surface area contributed by atoms with Gasteiger partial charge in [0, 0.05) is 38.7 Å². The molecular formula is C43H30N2. The van der Waals surface area contributed by atoms with Gasteiger partial charge in [-0.25, -0.2) is 0 Å². The average molecular weight is 575 g/mol. The number of nitrogens with one attached hydrogen (secondary N) is 2. The van der Waals surface area contributed by atoms with Crippen molar-refractivity contribution in [2.75, 3.05) is 5.32 Å². The summed E-state index contributed by atoms with van der Waals surface area (Å²) in [6.07, 6.45) is 0. The molecule has 0 unspecified atom stereocenters. The van der Waals surface area contributed by atoms with Crippen LogP contribution in [-0.2, 0) is 5.41 Å². The molecule has 1 aliphatic heterocycles. The van der Waals surface area contributed by atoms with Gasteiger partial charge in [-0.15, -0.1) is 0 Å². The van der Waals surface area contributed by atoms with Crippen molar-refractivity contribution in [3.05, 3.63) is 192 Å². The van der Waals surface area contributed by atoms with Crippen molar-refractivity contribution in [3.63, 3.8) is 0 Å². The van der Waals surface area contributed by atoms with E-state index in [4.69, 9.17) is 0 Å². The minimum absolute atomic E-state index is 0.666. The lowest BCUT2D eigenvalue weighted by molar-refractivity contribution is 0.752. The van der Waals surface area contributed by atoms with Gasteiger partial charge in [-0.1, -0.05) is 146 Å². The van der Waals surface area contributed by atoms with Crippen LogP contribution in [0.25, 0.3) is 44.1 Å². The van der Waals surface area contributed by atoms with Gasteiger partial charge in [-0.2, -0.15) is 0 Å². The maximum Gasteiger partial charge on any atom is 0.0760 e. The van der Waals surface area contributed by atoms with E-state index in [1.165, 1.54) is 55.3 Å². The smallest absolute Gasteiger partial charge is 0.0760 e. The highest BCUT2D eigenvalue weighted by Gasteiger charge is 2.48. The maximum atomic E-state index is 3.89. The molecule has 8 aromatic rings. The molecule has 0 radical (unpaired) electrons. The van der Waals surface area contributed by atoms with Crippen LogP contribution >= 0.6 is 0 Å².